The summed E-state index contributed by atoms with van der Waals surface area (Å²) >= 11 is 8.06. The minimum absolute atomic E-state index is 0.182. The Hall–Kier alpha value is -1.14. The molecule has 0 saturated heterocycles. The van der Waals surface area contributed by atoms with Crippen molar-refractivity contribution in [2.75, 3.05) is 5.32 Å². The van der Waals surface area contributed by atoms with E-state index in [9.17, 15) is 4.79 Å². The molecule has 1 amide bonds. The van der Waals surface area contributed by atoms with Crippen LogP contribution in [0, 0.1) is 10.5 Å². The van der Waals surface area contributed by atoms with Gasteiger partial charge in [0, 0.05) is 9.77 Å². The van der Waals surface area contributed by atoms with Crippen LogP contribution in [-0.2, 0) is 0 Å². The highest BCUT2D eigenvalue weighted by molar-refractivity contribution is 14.1. The summed E-state index contributed by atoms with van der Waals surface area (Å²) in [4.78, 5) is 16.1. The van der Waals surface area contributed by atoms with E-state index >= 15 is 0 Å². The maximum atomic E-state index is 12.1. The Kier molecular flexibility index (Phi) is 4.19. The van der Waals surface area contributed by atoms with Gasteiger partial charge in [-0.2, -0.15) is 0 Å². The van der Waals surface area contributed by atoms with E-state index in [1.165, 1.54) is 0 Å². The minimum atomic E-state index is -0.182. The van der Waals surface area contributed by atoms with Gasteiger partial charge in [0.15, 0.2) is 5.15 Å². The van der Waals surface area contributed by atoms with Gasteiger partial charge in [0.25, 0.3) is 5.91 Å². The molecule has 18 heavy (non-hydrogen) atoms. The smallest absolute Gasteiger partial charge is 0.256 e. The molecule has 0 unspecified atom stereocenters. The maximum Gasteiger partial charge on any atom is 0.256 e. The number of pyridine rings is 1. The topological polar surface area (TPSA) is 42.0 Å². The molecule has 3 nitrogen and oxygen atoms in total. The van der Waals surface area contributed by atoms with Crippen molar-refractivity contribution in [3.05, 3.63) is 56.4 Å². The summed E-state index contributed by atoms with van der Waals surface area (Å²) in [5.74, 6) is -0.182. The number of aryl methyl sites for hydroxylation is 1. The van der Waals surface area contributed by atoms with Gasteiger partial charge in [-0.05, 0) is 53.3 Å². The lowest BCUT2D eigenvalue weighted by Gasteiger charge is -2.09. The molecule has 0 bridgehead atoms. The fraction of sp³-hybridized carbons (Fsp3) is 0.0769. The summed E-state index contributed by atoms with van der Waals surface area (Å²) in [7, 11) is 0. The van der Waals surface area contributed by atoms with Crippen molar-refractivity contribution in [1.29, 1.82) is 0 Å². The number of aromatic nitrogens is 1. The lowest BCUT2D eigenvalue weighted by molar-refractivity contribution is 0.102. The molecule has 5 heteroatoms. The molecule has 2 aromatic rings. The zero-order chi connectivity index (χ0) is 13.1. The van der Waals surface area contributed by atoms with Crippen LogP contribution in [0.4, 0.5) is 5.69 Å². The highest BCUT2D eigenvalue weighted by atomic mass is 127. The van der Waals surface area contributed by atoms with E-state index in [4.69, 9.17) is 11.6 Å². The highest BCUT2D eigenvalue weighted by Crippen LogP contribution is 2.21. The molecular weight excluding hydrogens is 363 g/mol. The van der Waals surface area contributed by atoms with Gasteiger partial charge in [-0.25, -0.2) is 4.98 Å². The fourth-order valence-electron chi connectivity index (χ4n) is 1.49. The van der Waals surface area contributed by atoms with Gasteiger partial charge in [-0.1, -0.05) is 23.7 Å². The molecule has 0 spiro atoms. The summed E-state index contributed by atoms with van der Waals surface area (Å²) < 4.78 is 0.938. The number of nitrogens with one attached hydrogen (secondary N) is 1. The van der Waals surface area contributed by atoms with E-state index in [0.717, 1.165) is 9.13 Å². The zero-order valence-electron chi connectivity index (χ0n) is 9.58. The Bertz CT molecular complexity index is 601. The number of anilines is 1. The van der Waals surface area contributed by atoms with Crippen LogP contribution < -0.4 is 5.32 Å². The molecule has 2 rings (SSSR count). The maximum absolute atomic E-state index is 12.1. The van der Waals surface area contributed by atoms with Gasteiger partial charge in [0.05, 0.1) is 11.3 Å². The van der Waals surface area contributed by atoms with E-state index in [1.807, 2.05) is 19.1 Å². The Balaban J connectivity index is 2.28. The van der Waals surface area contributed by atoms with E-state index in [0.29, 0.717) is 11.3 Å². The van der Waals surface area contributed by atoms with Crippen LogP contribution in [-0.4, -0.2) is 10.9 Å². The molecule has 92 valence electrons. The second-order valence-corrected chi connectivity index (χ2v) is 5.17. The van der Waals surface area contributed by atoms with Gasteiger partial charge >= 0.3 is 0 Å². The normalized spacial score (nSPS) is 10.2. The van der Waals surface area contributed by atoms with Crippen LogP contribution in [0.1, 0.15) is 15.9 Å². The second kappa shape index (κ2) is 5.67. The summed E-state index contributed by atoms with van der Waals surface area (Å²) in [5.41, 5.74) is 2.22. The van der Waals surface area contributed by atoms with Crippen molar-refractivity contribution in [1.82, 2.24) is 4.98 Å². The first-order chi connectivity index (χ1) is 8.59. The summed E-state index contributed by atoms with van der Waals surface area (Å²) in [6.07, 6.45) is 1.58. The lowest BCUT2D eigenvalue weighted by Crippen LogP contribution is -2.14. The molecule has 1 aromatic heterocycles. The SMILES string of the molecule is Cc1cccc(C(=O)Nc2cccnc2Cl)c1I. The van der Waals surface area contributed by atoms with E-state index in [1.54, 1.807) is 24.4 Å². The predicted molar refractivity (Wildman–Crippen MR) is 81.1 cm³/mol. The predicted octanol–water partition coefficient (Wildman–Crippen LogP) is 3.90. The summed E-state index contributed by atoms with van der Waals surface area (Å²) in [6.45, 7) is 1.97. The van der Waals surface area contributed by atoms with Crippen molar-refractivity contribution in [3.8, 4) is 0 Å². The Morgan fingerprint density at radius 1 is 1.33 bits per heavy atom. The minimum Gasteiger partial charge on any atom is -0.319 e. The molecule has 0 aliphatic carbocycles. The third-order valence-corrected chi connectivity index (χ3v) is 4.18. The third kappa shape index (κ3) is 2.81. The van der Waals surface area contributed by atoms with Crippen molar-refractivity contribution >= 4 is 45.8 Å². The number of halogens is 2. The molecule has 0 atom stereocenters. The number of carbonyl (C=O) groups excluding carboxylic acids is 1. The van der Waals surface area contributed by atoms with Crippen molar-refractivity contribution in [2.24, 2.45) is 0 Å². The molecular formula is C13H10ClIN2O. The standard InChI is InChI=1S/C13H10ClIN2O/c1-8-4-2-5-9(11(8)15)13(18)17-10-6-3-7-16-12(10)14/h2-7H,1H3,(H,17,18). The number of hydrogen-bond acceptors (Lipinski definition) is 2. The summed E-state index contributed by atoms with van der Waals surface area (Å²) in [6, 6.07) is 9.06. The number of nitrogens with zero attached hydrogens (tertiary/aromatic N) is 1. The number of hydrogen-bond donors (Lipinski definition) is 1. The largest absolute Gasteiger partial charge is 0.319 e. The van der Waals surface area contributed by atoms with Crippen molar-refractivity contribution in [3.63, 3.8) is 0 Å². The number of carbonyl (C=O) groups is 1. The quantitative estimate of drug-likeness (QED) is 0.642. The van der Waals surface area contributed by atoms with Crippen LogP contribution in [0.25, 0.3) is 0 Å². The van der Waals surface area contributed by atoms with Gasteiger partial charge < -0.3 is 5.32 Å². The van der Waals surface area contributed by atoms with Crippen LogP contribution in [0.2, 0.25) is 5.15 Å². The fourth-order valence-corrected chi connectivity index (χ4v) is 2.26. The van der Waals surface area contributed by atoms with Crippen LogP contribution in [0.15, 0.2) is 36.5 Å². The molecule has 1 aromatic carbocycles. The number of amides is 1. The van der Waals surface area contributed by atoms with Gasteiger partial charge in [-0.15, -0.1) is 0 Å². The highest BCUT2D eigenvalue weighted by Gasteiger charge is 2.12. The lowest BCUT2D eigenvalue weighted by atomic mass is 10.1. The molecule has 1 heterocycles. The zero-order valence-corrected chi connectivity index (χ0v) is 12.5. The van der Waals surface area contributed by atoms with Gasteiger partial charge in [0.2, 0.25) is 0 Å². The number of rotatable bonds is 2. The molecule has 0 saturated carbocycles. The molecule has 0 fully saturated rings. The second-order valence-electron chi connectivity index (χ2n) is 3.73. The Morgan fingerprint density at radius 3 is 2.83 bits per heavy atom. The van der Waals surface area contributed by atoms with Gasteiger partial charge in [0.1, 0.15) is 0 Å². The molecule has 0 radical (unpaired) electrons. The molecule has 0 aliphatic heterocycles. The van der Waals surface area contributed by atoms with Crippen molar-refractivity contribution < 1.29 is 4.79 Å². The first-order valence-corrected chi connectivity index (χ1v) is 6.72. The van der Waals surface area contributed by atoms with E-state index < -0.39 is 0 Å². The molecule has 0 aliphatic rings. The first-order valence-electron chi connectivity index (χ1n) is 5.26. The van der Waals surface area contributed by atoms with E-state index in [-0.39, 0.29) is 11.1 Å². The Morgan fingerprint density at radius 2 is 2.11 bits per heavy atom. The Labute approximate surface area is 124 Å². The van der Waals surface area contributed by atoms with Crippen LogP contribution in [0.5, 0.6) is 0 Å². The van der Waals surface area contributed by atoms with Crippen LogP contribution in [0.3, 0.4) is 0 Å². The van der Waals surface area contributed by atoms with Crippen LogP contribution >= 0.6 is 34.2 Å². The monoisotopic (exact) mass is 372 g/mol. The van der Waals surface area contributed by atoms with Crippen molar-refractivity contribution in [2.45, 2.75) is 6.92 Å². The third-order valence-electron chi connectivity index (χ3n) is 2.44. The number of benzene rings is 1. The average molecular weight is 373 g/mol. The van der Waals surface area contributed by atoms with Gasteiger partial charge in [-0.3, -0.25) is 4.79 Å². The first kappa shape index (κ1) is 13.3. The molecule has 1 N–H and O–H groups in total. The average Bonchev–Trinajstić information content (AvgIpc) is 2.35. The summed E-state index contributed by atoms with van der Waals surface area (Å²) in [5, 5.41) is 3.04. The van der Waals surface area contributed by atoms with E-state index in [2.05, 4.69) is 32.9 Å².